The van der Waals surface area contributed by atoms with E-state index < -0.39 is 17.9 Å². The van der Waals surface area contributed by atoms with Gasteiger partial charge in [0.2, 0.25) is 0 Å². The molecule has 6 nitrogen and oxygen atoms in total. The Balaban J connectivity index is 2.07. The highest BCUT2D eigenvalue weighted by Crippen LogP contribution is 2.53. The average Bonchev–Trinajstić information content (AvgIpc) is 3.38. The number of hydrogen-bond donors (Lipinski definition) is 2. The van der Waals surface area contributed by atoms with Gasteiger partial charge in [-0.05, 0) is 37.8 Å². The third-order valence-electron chi connectivity index (χ3n) is 5.58. The van der Waals surface area contributed by atoms with Crippen molar-refractivity contribution in [1.29, 1.82) is 0 Å². The van der Waals surface area contributed by atoms with E-state index in [9.17, 15) is 19.8 Å². The van der Waals surface area contributed by atoms with E-state index in [2.05, 4.69) is 0 Å². The number of rotatable bonds is 5. The van der Waals surface area contributed by atoms with E-state index in [4.69, 9.17) is 9.47 Å². The highest BCUT2D eigenvalue weighted by molar-refractivity contribution is 7.19. The number of esters is 2. The fourth-order valence-corrected chi connectivity index (χ4v) is 7.62. The lowest BCUT2D eigenvalue weighted by molar-refractivity contribution is 0.0588. The Morgan fingerprint density at radius 3 is 1.76 bits per heavy atom. The van der Waals surface area contributed by atoms with Gasteiger partial charge in [-0.15, -0.1) is 34.0 Å². The molecule has 0 spiro atoms. The van der Waals surface area contributed by atoms with Crippen LogP contribution in [0.5, 0.6) is 11.5 Å². The van der Waals surface area contributed by atoms with E-state index in [1.165, 1.54) is 36.9 Å². The Kier molecular flexibility index (Phi) is 6.22. The zero-order valence-electron chi connectivity index (χ0n) is 18.6. The van der Waals surface area contributed by atoms with Gasteiger partial charge in [0.1, 0.15) is 22.6 Å². The minimum Gasteiger partial charge on any atom is -0.506 e. The molecule has 0 amide bonds. The number of thiophene rings is 3. The summed E-state index contributed by atoms with van der Waals surface area (Å²) in [4.78, 5) is 28.0. The summed E-state index contributed by atoms with van der Waals surface area (Å²) in [5.74, 6) is -2.19. The number of hydrogen-bond acceptors (Lipinski definition) is 9. The first-order valence-corrected chi connectivity index (χ1v) is 12.4. The summed E-state index contributed by atoms with van der Waals surface area (Å²) < 4.78 is 10.8. The van der Waals surface area contributed by atoms with Gasteiger partial charge in [-0.2, -0.15) is 0 Å². The van der Waals surface area contributed by atoms with Gasteiger partial charge in [0.25, 0.3) is 0 Å². The summed E-state index contributed by atoms with van der Waals surface area (Å²) in [5.41, 5.74) is 1.14. The monoisotopic (exact) mass is 502 g/mol. The van der Waals surface area contributed by atoms with Crippen LogP contribution in [0.3, 0.4) is 0 Å². The highest BCUT2D eigenvalue weighted by Gasteiger charge is 2.36. The lowest BCUT2D eigenvalue weighted by Crippen LogP contribution is -2.05. The minimum absolute atomic E-state index is 0.112. The third kappa shape index (κ3) is 3.70. The Bertz CT molecular complexity index is 1320. The minimum atomic E-state index is -0.625. The normalized spacial score (nSPS) is 11.3. The second-order valence-corrected chi connectivity index (χ2v) is 11.2. The van der Waals surface area contributed by atoms with Gasteiger partial charge in [0.15, 0.2) is 0 Å². The Hall–Kier alpha value is -2.88. The fraction of sp³-hybridized carbons (Fsp3) is 0.250. The summed E-state index contributed by atoms with van der Waals surface area (Å²) in [6, 6.07) is 7.92. The predicted octanol–water partition coefficient (Wildman–Crippen LogP) is 6.11. The molecule has 0 radical (unpaired) electrons. The number of aromatic hydroxyl groups is 2. The molecule has 0 bridgehead atoms. The second kappa shape index (κ2) is 8.81. The lowest BCUT2D eigenvalue weighted by Gasteiger charge is -2.17. The van der Waals surface area contributed by atoms with E-state index in [0.717, 1.165) is 20.5 Å². The van der Waals surface area contributed by atoms with Crippen molar-refractivity contribution in [3.05, 3.63) is 65.3 Å². The molecule has 0 aliphatic rings. The standard InChI is InChI=1S/C24H22O6S3/c1-10-15(13-8-6-7-9-14(13)31-10)18(21-19(25)16(11(2)32-21)23(27)29-4)22-20(26)17(12(3)33-22)24(28)30-5/h6-9,18,25-26H,1-5H3. The number of aryl methyl sites for hydroxylation is 3. The molecule has 172 valence electrons. The molecule has 9 heteroatoms. The van der Waals surface area contributed by atoms with Crippen LogP contribution in [0.4, 0.5) is 0 Å². The van der Waals surface area contributed by atoms with Gasteiger partial charge in [0, 0.05) is 19.3 Å². The van der Waals surface area contributed by atoms with Crippen molar-refractivity contribution in [2.45, 2.75) is 26.7 Å². The molecule has 0 saturated carbocycles. The quantitative estimate of drug-likeness (QED) is 0.320. The zero-order valence-corrected chi connectivity index (χ0v) is 21.1. The maximum Gasteiger partial charge on any atom is 0.342 e. The summed E-state index contributed by atoms with van der Waals surface area (Å²) in [6.45, 7) is 5.48. The van der Waals surface area contributed by atoms with Crippen LogP contribution in [0, 0.1) is 20.8 Å². The summed E-state index contributed by atoms with van der Waals surface area (Å²) in [6.07, 6.45) is 0. The molecule has 1 aromatic carbocycles. The van der Waals surface area contributed by atoms with Crippen molar-refractivity contribution in [3.63, 3.8) is 0 Å². The van der Waals surface area contributed by atoms with Crippen LogP contribution in [0.1, 0.15) is 56.6 Å². The van der Waals surface area contributed by atoms with Gasteiger partial charge >= 0.3 is 11.9 Å². The van der Waals surface area contributed by atoms with Gasteiger partial charge in [-0.1, -0.05) is 18.2 Å². The van der Waals surface area contributed by atoms with E-state index in [0.29, 0.717) is 19.5 Å². The van der Waals surface area contributed by atoms with Crippen molar-refractivity contribution in [1.82, 2.24) is 0 Å². The van der Waals surface area contributed by atoms with Crippen molar-refractivity contribution in [2.24, 2.45) is 0 Å². The van der Waals surface area contributed by atoms with Crippen LogP contribution in [0.2, 0.25) is 0 Å². The van der Waals surface area contributed by atoms with Gasteiger partial charge in [-0.25, -0.2) is 9.59 Å². The fourth-order valence-electron chi connectivity index (χ4n) is 4.11. The largest absolute Gasteiger partial charge is 0.506 e. The summed E-state index contributed by atoms with van der Waals surface area (Å²) >= 11 is 4.16. The number of ether oxygens (including phenoxy) is 2. The average molecular weight is 503 g/mol. The first-order valence-electron chi connectivity index (χ1n) is 10.00. The molecule has 0 aliphatic heterocycles. The van der Waals surface area contributed by atoms with Gasteiger partial charge in [0.05, 0.1) is 29.9 Å². The van der Waals surface area contributed by atoms with Crippen molar-refractivity contribution >= 4 is 56.0 Å². The van der Waals surface area contributed by atoms with Crippen LogP contribution >= 0.6 is 34.0 Å². The number of fused-ring (bicyclic) bond motifs is 1. The molecular weight excluding hydrogens is 480 g/mol. The molecule has 4 aromatic rings. The van der Waals surface area contributed by atoms with E-state index in [1.54, 1.807) is 25.2 Å². The Morgan fingerprint density at radius 2 is 1.27 bits per heavy atom. The molecule has 3 heterocycles. The zero-order chi connectivity index (χ0) is 24.0. The Labute approximate surface area is 202 Å². The molecule has 0 unspecified atom stereocenters. The number of benzene rings is 1. The van der Waals surface area contributed by atoms with Gasteiger partial charge in [-0.3, -0.25) is 0 Å². The molecular formula is C24H22O6S3. The van der Waals surface area contributed by atoms with Crippen molar-refractivity contribution in [2.75, 3.05) is 14.2 Å². The smallest absolute Gasteiger partial charge is 0.342 e. The van der Waals surface area contributed by atoms with Gasteiger partial charge < -0.3 is 19.7 Å². The molecule has 3 aromatic heterocycles. The maximum atomic E-state index is 12.4. The van der Waals surface area contributed by atoms with Crippen LogP contribution in [0.15, 0.2) is 24.3 Å². The molecule has 2 N–H and O–H groups in total. The maximum absolute atomic E-state index is 12.4. The Morgan fingerprint density at radius 1 is 0.788 bits per heavy atom. The predicted molar refractivity (Wildman–Crippen MR) is 132 cm³/mol. The van der Waals surface area contributed by atoms with E-state index in [-0.39, 0.29) is 22.6 Å². The highest BCUT2D eigenvalue weighted by atomic mass is 32.1. The first-order chi connectivity index (χ1) is 15.7. The number of carbonyl (C=O) groups excluding carboxylic acids is 2. The molecule has 0 atom stereocenters. The van der Waals surface area contributed by atoms with Crippen LogP contribution < -0.4 is 0 Å². The molecule has 0 aliphatic carbocycles. The van der Waals surface area contributed by atoms with Crippen LogP contribution in [-0.2, 0) is 9.47 Å². The topological polar surface area (TPSA) is 93.1 Å². The summed E-state index contributed by atoms with van der Waals surface area (Å²) in [5, 5.41) is 23.3. The summed E-state index contributed by atoms with van der Waals surface area (Å²) in [7, 11) is 2.54. The van der Waals surface area contributed by atoms with E-state index in [1.807, 2.05) is 31.2 Å². The molecule has 4 rings (SSSR count). The SMILES string of the molecule is COC(=O)c1c(C)sc(C(c2sc(C)c(C(=O)OC)c2O)c2c(C)sc3ccccc23)c1O. The number of carbonyl (C=O) groups is 2. The molecule has 0 saturated heterocycles. The van der Waals surface area contributed by atoms with Crippen LogP contribution in [0.25, 0.3) is 10.1 Å². The molecule has 33 heavy (non-hydrogen) atoms. The molecule has 0 fully saturated rings. The van der Waals surface area contributed by atoms with Crippen LogP contribution in [-0.4, -0.2) is 36.4 Å². The lowest BCUT2D eigenvalue weighted by atomic mass is 9.91. The van der Waals surface area contributed by atoms with Crippen molar-refractivity contribution in [3.8, 4) is 11.5 Å². The first kappa shape index (κ1) is 23.3. The van der Waals surface area contributed by atoms with E-state index >= 15 is 0 Å². The van der Waals surface area contributed by atoms with Crippen molar-refractivity contribution < 1.29 is 29.3 Å². The number of methoxy groups -OCH3 is 2. The second-order valence-electron chi connectivity index (χ2n) is 7.48. The third-order valence-corrected chi connectivity index (χ3v) is 9.00.